The smallest absolute Gasteiger partial charge is 0.335 e. The molecule has 0 radical (unpaired) electrons. The maximum absolute atomic E-state index is 15.1. The lowest BCUT2D eigenvalue weighted by atomic mass is 9.49. The van der Waals surface area contributed by atoms with Crippen molar-refractivity contribution in [3.8, 4) is 0 Å². The molecule has 5 rings (SSSR count). The molecule has 4 aromatic carbocycles. The van der Waals surface area contributed by atoms with E-state index in [0.29, 0.717) is 11.1 Å². The maximum atomic E-state index is 15.1. The zero-order valence-electron chi connectivity index (χ0n) is 19.0. The van der Waals surface area contributed by atoms with Gasteiger partial charge < -0.3 is 10.2 Å². The topological polar surface area (TPSA) is 74.6 Å². The SMILES string of the molecule is O=C(O)c1ccc(C2[C@@H](c3ccc(C(=O)O)cc3)C(c3ccccc3F)[C@@H]2c2ccccc2F)cc1. The molecule has 0 heterocycles. The lowest BCUT2D eigenvalue weighted by Gasteiger charge is -2.53. The molecule has 1 saturated carbocycles. The fraction of sp³-hybridized carbons (Fsp3) is 0.133. The Kier molecular flexibility index (Phi) is 6.10. The molecule has 4 aromatic rings. The first-order valence-electron chi connectivity index (χ1n) is 11.5. The summed E-state index contributed by atoms with van der Waals surface area (Å²) in [7, 11) is 0. The van der Waals surface area contributed by atoms with E-state index in [4.69, 9.17) is 0 Å². The average molecular weight is 484 g/mol. The summed E-state index contributed by atoms with van der Waals surface area (Å²) >= 11 is 0. The fourth-order valence-electron chi connectivity index (χ4n) is 5.54. The summed E-state index contributed by atoms with van der Waals surface area (Å²) in [6.45, 7) is 0. The van der Waals surface area contributed by atoms with Crippen molar-refractivity contribution in [2.24, 2.45) is 0 Å². The third-order valence-corrected chi connectivity index (χ3v) is 7.16. The molecule has 36 heavy (non-hydrogen) atoms. The summed E-state index contributed by atoms with van der Waals surface area (Å²) in [5.74, 6) is -4.34. The third-order valence-electron chi connectivity index (χ3n) is 7.16. The number of benzene rings is 4. The Balaban J connectivity index is 1.70. The highest BCUT2D eigenvalue weighted by Gasteiger charge is 2.54. The summed E-state index contributed by atoms with van der Waals surface area (Å²) in [6.07, 6.45) is 0. The van der Waals surface area contributed by atoms with E-state index < -0.39 is 35.4 Å². The van der Waals surface area contributed by atoms with Gasteiger partial charge in [-0.1, -0.05) is 60.7 Å². The van der Waals surface area contributed by atoms with Crippen molar-refractivity contribution in [2.75, 3.05) is 0 Å². The van der Waals surface area contributed by atoms with Crippen LogP contribution in [-0.2, 0) is 0 Å². The molecule has 4 atom stereocenters. The van der Waals surface area contributed by atoms with Crippen LogP contribution in [0.2, 0.25) is 0 Å². The highest BCUT2D eigenvalue weighted by molar-refractivity contribution is 5.88. The van der Waals surface area contributed by atoms with Crippen molar-refractivity contribution in [3.05, 3.63) is 142 Å². The molecule has 1 aliphatic carbocycles. The molecule has 4 nitrogen and oxygen atoms in total. The van der Waals surface area contributed by atoms with Crippen LogP contribution in [0.4, 0.5) is 8.78 Å². The van der Waals surface area contributed by atoms with Gasteiger partial charge in [-0.2, -0.15) is 0 Å². The maximum Gasteiger partial charge on any atom is 0.335 e. The second-order valence-corrected chi connectivity index (χ2v) is 9.00. The van der Waals surface area contributed by atoms with E-state index in [2.05, 4.69) is 0 Å². The second-order valence-electron chi connectivity index (χ2n) is 9.00. The van der Waals surface area contributed by atoms with E-state index in [9.17, 15) is 19.8 Å². The van der Waals surface area contributed by atoms with Crippen LogP contribution in [-0.4, -0.2) is 22.2 Å². The average Bonchev–Trinajstić information content (AvgIpc) is 2.86. The Bertz CT molecular complexity index is 1320. The van der Waals surface area contributed by atoms with Crippen LogP contribution in [0.3, 0.4) is 0 Å². The number of aromatic carboxylic acids is 2. The lowest BCUT2D eigenvalue weighted by Crippen LogP contribution is -2.41. The first kappa shape index (κ1) is 23.4. The minimum Gasteiger partial charge on any atom is -0.478 e. The number of carboxylic acid groups (broad SMARTS) is 2. The van der Waals surface area contributed by atoms with E-state index in [0.717, 1.165) is 11.1 Å². The molecule has 2 N–H and O–H groups in total. The zero-order valence-corrected chi connectivity index (χ0v) is 19.0. The highest BCUT2D eigenvalue weighted by atomic mass is 19.1. The summed E-state index contributed by atoms with van der Waals surface area (Å²) in [6, 6.07) is 25.8. The summed E-state index contributed by atoms with van der Waals surface area (Å²) in [4.78, 5) is 22.8. The molecule has 0 aliphatic heterocycles. The quantitative estimate of drug-likeness (QED) is 0.315. The molecule has 6 heteroatoms. The molecule has 0 bridgehead atoms. The highest BCUT2D eigenvalue weighted by Crippen LogP contribution is 2.67. The Labute approximate surface area is 206 Å². The lowest BCUT2D eigenvalue weighted by molar-refractivity contribution is 0.0686. The molecule has 0 amide bonds. The van der Waals surface area contributed by atoms with Crippen LogP contribution < -0.4 is 0 Å². The van der Waals surface area contributed by atoms with Gasteiger partial charge in [0.05, 0.1) is 11.1 Å². The van der Waals surface area contributed by atoms with Gasteiger partial charge in [-0.15, -0.1) is 0 Å². The van der Waals surface area contributed by atoms with Crippen LogP contribution >= 0.6 is 0 Å². The van der Waals surface area contributed by atoms with Crippen molar-refractivity contribution < 1.29 is 28.6 Å². The molecule has 2 unspecified atom stereocenters. The number of carboxylic acids is 2. The van der Waals surface area contributed by atoms with Gasteiger partial charge in [0, 0.05) is 11.8 Å². The first-order valence-corrected chi connectivity index (χ1v) is 11.5. The van der Waals surface area contributed by atoms with Gasteiger partial charge in [0.2, 0.25) is 0 Å². The van der Waals surface area contributed by atoms with Crippen molar-refractivity contribution in [3.63, 3.8) is 0 Å². The van der Waals surface area contributed by atoms with Crippen LogP contribution in [0.15, 0.2) is 97.1 Å². The largest absolute Gasteiger partial charge is 0.478 e. The van der Waals surface area contributed by atoms with E-state index in [-0.39, 0.29) is 23.0 Å². The monoisotopic (exact) mass is 484 g/mol. The zero-order chi connectivity index (χ0) is 25.4. The van der Waals surface area contributed by atoms with Crippen LogP contribution in [0.1, 0.15) is 66.6 Å². The number of rotatable bonds is 6. The number of carbonyl (C=O) groups is 2. The van der Waals surface area contributed by atoms with E-state index >= 15 is 8.78 Å². The van der Waals surface area contributed by atoms with E-state index in [1.807, 2.05) is 0 Å². The standard InChI is InChI=1S/C30H22F2O4/c31-23-7-3-1-5-21(23)27-25(17-9-13-19(14-10-17)29(33)34)26(18-11-15-20(16-12-18)30(35)36)28(27)22-6-2-4-8-24(22)32/h1-16,25-28H,(H,33,34)(H,35,36)/t25-,26?,27?,28-/m1/s1. The van der Waals surface area contributed by atoms with Gasteiger partial charge in [-0.25, -0.2) is 18.4 Å². The number of hydrogen-bond donors (Lipinski definition) is 2. The first-order chi connectivity index (χ1) is 17.4. The summed E-state index contributed by atoms with van der Waals surface area (Å²) < 4.78 is 30.3. The summed E-state index contributed by atoms with van der Waals surface area (Å²) in [5, 5.41) is 18.7. The van der Waals surface area contributed by atoms with Crippen molar-refractivity contribution in [1.29, 1.82) is 0 Å². The molecular weight excluding hydrogens is 462 g/mol. The normalized spacial score (nSPS) is 20.9. The Morgan fingerprint density at radius 2 is 0.833 bits per heavy atom. The fourth-order valence-corrected chi connectivity index (χ4v) is 5.54. The number of halogens is 2. The minimum absolute atomic E-state index is 0.133. The van der Waals surface area contributed by atoms with Crippen LogP contribution in [0.5, 0.6) is 0 Å². The Morgan fingerprint density at radius 3 is 1.14 bits per heavy atom. The van der Waals surface area contributed by atoms with Gasteiger partial charge in [-0.05, 0) is 70.5 Å². The predicted octanol–water partition coefficient (Wildman–Crippen LogP) is 6.81. The van der Waals surface area contributed by atoms with Gasteiger partial charge in [-0.3, -0.25) is 0 Å². The summed E-state index contributed by atoms with van der Waals surface area (Å²) in [5.41, 5.74) is 2.77. The second kappa shape index (κ2) is 9.38. The molecule has 180 valence electrons. The molecule has 1 fully saturated rings. The van der Waals surface area contributed by atoms with Gasteiger partial charge >= 0.3 is 11.9 Å². The molecule has 0 aromatic heterocycles. The predicted molar refractivity (Wildman–Crippen MR) is 131 cm³/mol. The van der Waals surface area contributed by atoms with E-state index in [1.54, 1.807) is 60.7 Å². The van der Waals surface area contributed by atoms with Crippen LogP contribution in [0, 0.1) is 11.6 Å². The Hall–Kier alpha value is -4.32. The van der Waals surface area contributed by atoms with Gasteiger partial charge in [0.15, 0.2) is 0 Å². The molecule has 0 saturated heterocycles. The molecule has 0 spiro atoms. The van der Waals surface area contributed by atoms with Crippen LogP contribution in [0.25, 0.3) is 0 Å². The van der Waals surface area contributed by atoms with Gasteiger partial charge in [0.1, 0.15) is 11.6 Å². The third kappa shape index (κ3) is 4.05. The van der Waals surface area contributed by atoms with E-state index in [1.165, 1.54) is 36.4 Å². The van der Waals surface area contributed by atoms with Crippen molar-refractivity contribution >= 4 is 11.9 Å². The molecule has 1 aliphatic rings. The minimum atomic E-state index is -1.05. The van der Waals surface area contributed by atoms with Gasteiger partial charge in [0.25, 0.3) is 0 Å². The number of hydrogen-bond acceptors (Lipinski definition) is 2. The molecular formula is C30H22F2O4. The Morgan fingerprint density at radius 1 is 0.500 bits per heavy atom. The van der Waals surface area contributed by atoms with Crippen molar-refractivity contribution in [2.45, 2.75) is 23.7 Å². The van der Waals surface area contributed by atoms with Crippen molar-refractivity contribution in [1.82, 2.24) is 0 Å².